The van der Waals surface area contributed by atoms with Crippen molar-refractivity contribution in [3.8, 4) is 0 Å². The Hall–Kier alpha value is -2.10. The average molecular weight is 364 g/mol. The highest BCUT2D eigenvalue weighted by atomic mass is 35.5. The summed E-state index contributed by atoms with van der Waals surface area (Å²) in [6.07, 6.45) is 9.66. The topological polar surface area (TPSA) is 21.1 Å². The quantitative estimate of drug-likeness (QED) is 0.607. The third-order valence-electron chi connectivity index (χ3n) is 5.90. The lowest BCUT2D eigenvalue weighted by atomic mass is 9.97. The first-order valence-corrected chi connectivity index (χ1v) is 9.75. The predicted octanol–water partition coefficient (Wildman–Crippen LogP) is 5.40. The molecule has 0 spiro atoms. The zero-order valence-electron chi connectivity index (χ0n) is 15.0. The Morgan fingerprint density at radius 1 is 1.19 bits per heavy atom. The Bertz CT molecular complexity index is 1000. The molecule has 2 aromatic heterocycles. The number of aromatic nitrogens is 2. The second-order valence-corrected chi connectivity index (χ2v) is 7.82. The number of halogens is 1. The van der Waals surface area contributed by atoms with Gasteiger partial charge < -0.3 is 4.57 Å². The third kappa shape index (κ3) is 2.50. The molecule has 1 fully saturated rings. The molecular formula is C22H22ClN3. The molecule has 4 heterocycles. The molecule has 0 bridgehead atoms. The Balaban J connectivity index is 1.75. The molecule has 0 aliphatic carbocycles. The smallest absolute Gasteiger partial charge is 0.0530 e. The van der Waals surface area contributed by atoms with Crippen molar-refractivity contribution < 1.29 is 0 Å². The number of pyridine rings is 1. The summed E-state index contributed by atoms with van der Waals surface area (Å²) in [5, 5.41) is 2.14. The second kappa shape index (κ2) is 6.26. The molecule has 3 aromatic rings. The molecule has 1 atom stereocenters. The largest absolute Gasteiger partial charge is 0.318 e. The normalized spacial score (nSPS) is 20.4. The van der Waals surface area contributed by atoms with Gasteiger partial charge in [-0.2, -0.15) is 0 Å². The van der Waals surface area contributed by atoms with Crippen LogP contribution in [0.4, 0.5) is 0 Å². The first kappa shape index (κ1) is 16.1. The van der Waals surface area contributed by atoms with Gasteiger partial charge in [0.25, 0.3) is 0 Å². The van der Waals surface area contributed by atoms with Crippen LogP contribution in [0, 0.1) is 0 Å². The molecule has 0 amide bonds. The average Bonchev–Trinajstić information content (AvgIpc) is 3.25. The van der Waals surface area contributed by atoms with E-state index in [1.807, 2.05) is 18.5 Å². The summed E-state index contributed by atoms with van der Waals surface area (Å²) in [6.45, 7) is 4.56. The van der Waals surface area contributed by atoms with E-state index in [0.717, 1.165) is 18.0 Å². The fraction of sp³-hybridized carbons (Fsp3) is 0.318. The molecule has 26 heavy (non-hydrogen) atoms. The summed E-state index contributed by atoms with van der Waals surface area (Å²) < 4.78 is 2.43. The standard InChI is InChI=1S/C22H22ClN3/c1-15(16-6-9-24-10-7-16)14-26-20-5-4-17(23)13-19(20)18-8-12-25-11-2-3-21(25)22(18)26/h4-7,9-10,13-14,21H,2-3,8,11-12H2,1H3/b15-14+. The summed E-state index contributed by atoms with van der Waals surface area (Å²) in [4.78, 5) is 6.79. The molecule has 1 saturated heterocycles. The first-order chi connectivity index (χ1) is 12.7. The van der Waals surface area contributed by atoms with Crippen molar-refractivity contribution in [2.75, 3.05) is 13.1 Å². The van der Waals surface area contributed by atoms with Gasteiger partial charge in [0, 0.05) is 41.2 Å². The van der Waals surface area contributed by atoms with E-state index in [1.165, 1.54) is 52.7 Å². The third-order valence-corrected chi connectivity index (χ3v) is 6.13. The van der Waals surface area contributed by atoms with Crippen LogP contribution in [0.15, 0.2) is 42.7 Å². The maximum atomic E-state index is 6.34. The van der Waals surface area contributed by atoms with Gasteiger partial charge in [0.1, 0.15) is 0 Å². The zero-order valence-corrected chi connectivity index (χ0v) is 15.7. The number of benzene rings is 1. The van der Waals surface area contributed by atoms with Gasteiger partial charge in [-0.1, -0.05) is 11.6 Å². The van der Waals surface area contributed by atoms with Crippen LogP contribution in [0.25, 0.3) is 22.7 Å². The van der Waals surface area contributed by atoms with E-state index in [-0.39, 0.29) is 0 Å². The SMILES string of the molecule is C/C(=C\n1c2c(c3cc(Cl)ccc31)CCN1CCCC21)c1ccncc1. The predicted molar refractivity (Wildman–Crippen MR) is 108 cm³/mol. The molecule has 4 heteroatoms. The maximum absolute atomic E-state index is 6.34. The fourth-order valence-electron chi connectivity index (χ4n) is 4.68. The van der Waals surface area contributed by atoms with E-state index >= 15 is 0 Å². The second-order valence-electron chi connectivity index (χ2n) is 7.39. The number of fused-ring (bicyclic) bond motifs is 5. The molecule has 2 aliphatic heterocycles. The van der Waals surface area contributed by atoms with Crippen LogP contribution >= 0.6 is 11.6 Å². The van der Waals surface area contributed by atoms with Crippen molar-refractivity contribution in [2.45, 2.75) is 32.2 Å². The van der Waals surface area contributed by atoms with E-state index in [9.17, 15) is 0 Å². The van der Waals surface area contributed by atoms with Crippen molar-refractivity contribution >= 4 is 34.3 Å². The highest BCUT2D eigenvalue weighted by Crippen LogP contribution is 2.43. The van der Waals surface area contributed by atoms with Crippen LogP contribution in [0.5, 0.6) is 0 Å². The van der Waals surface area contributed by atoms with Gasteiger partial charge in [0.2, 0.25) is 0 Å². The summed E-state index contributed by atoms with van der Waals surface area (Å²) >= 11 is 6.34. The Morgan fingerprint density at radius 3 is 2.88 bits per heavy atom. The molecule has 0 saturated carbocycles. The summed E-state index contributed by atoms with van der Waals surface area (Å²) in [5.74, 6) is 0. The molecule has 1 aromatic carbocycles. The van der Waals surface area contributed by atoms with Crippen LogP contribution in [0.2, 0.25) is 5.02 Å². The summed E-state index contributed by atoms with van der Waals surface area (Å²) in [7, 11) is 0. The molecule has 1 unspecified atom stereocenters. The van der Waals surface area contributed by atoms with Gasteiger partial charge in [-0.3, -0.25) is 9.88 Å². The Kier molecular flexibility index (Phi) is 3.87. The lowest BCUT2D eigenvalue weighted by molar-refractivity contribution is 0.239. The van der Waals surface area contributed by atoms with E-state index < -0.39 is 0 Å². The van der Waals surface area contributed by atoms with Crippen LogP contribution in [-0.4, -0.2) is 27.5 Å². The number of nitrogens with zero attached hydrogens (tertiary/aromatic N) is 3. The highest BCUT2D eigenvalue weighted by Gasteiger charge is 2.35. The summed E-state index contributed by atoms with van der Waals surface area (Å²) in [6, 6.07) is 11.0. The minimum atomic E-state index is 0.534. The zero-order chi connectivity index (χ0) is 17.7. The minimum Gasteiger partial charge on any atom is -0.318 e. The maximum Gasteiger partial charge on any atom is 0.0530 e. The number of hydrogen-bond donors (Lipinski definition) is 0. The lowest BCUT2D eigenvalue weighted by Gasteiger charge is -2.31. The van der Waals surface area contributed by atoms with Gasteiger partial charge in [0.15, 0.2) is 0 Å². The van der Waals surface area contributed by atoms with Crippen molar-refractivity contribution in [3.63, 3.8) is 0 Å². The van der Waals surface area contributed by atoms with Crippen LogP contribution in [0.1, 0.15) is 42.6 Å². The van der Waals surface area contributed by atoms with Gasteiger partial charge in [-0.15, -0.1) is 0 Å². The molecule has 2 aliphatic rings. The monoisotopic (exact) mass is 363 g/mol. The minimum absolute atomic E-state index is 0.534. The van der Waals surface area contributed by atoms with Gasteiger partial charge >= 0.3 is 0 Å². The van der Waals surface area contributed by atoms with Crippen LogP contribution in [-0.2, 0) is 6.42 Å². The lowest BCUT2D eigenvalue weighted by Crippen LogP contribution is -2.31. The molecule has 3 nitrogen and oxygen atoms in total. The highest BCUT2D eigenvalue weighted by molar-refractivity contribution is 6.31. The Morgan fingerprint density at radius 2 is 2.04 bits per heavy atom. The molecule has 0 N–H and O–H groups in total. The van der Waals surface area contributed by atoms with Gasteiger partial charge in [-0.05, 0) is 79.8 Å². The number of allylic oxidation sites excluding steroid dienone is 1. The molecule has 5 rings (SSSR count). The van der Waals surface area contributed by atoms with Crippen molar-refractivity contribution in [1.82, 2.24) is 14.5 Å². The summed E-state index contributed by atoms with van der Waals surface area (Å²) in [5.41, 5.74) is 6.69. The van der Waals surface area contributed by atoms with E-state index in [4.69, 9.17) is 11.6 Å². The van der Waals surface area contributed by atoms with Crippen molar-refractivity contribution in [3.05, 3.63) is 64.6 Å². The fourth-order valence-corrected chi connectivity index (χ4v) is 4.85. The number of rotatable bonds is 2. The number of hydrogen-bond acceptors (Lipinski definition) is 2. The van der Waals surface area contributed by atoms with E-state index in [0.29, 0.717) is 6.04 Å². The van der Waals surface area contributed by atoms with Crippen LogP contribution in [0.3, 0.4) is 0 Å². The van der Waals surface area contributed by atoms with Gasteiger partial charge in [-0.25, -0.2) is 0 Å². The molecule has 132 valence electrons. The van der Waals surface area contributed by atoms with Crippen molar-refractivity contribution in [2.24, 2.45) is 0 Å². The van der Waals surface area contributed by atoms with E-state index in [1.54, 1.807) is 0 Å². The molecule has 0 radical (unpaired) electrons. The van der Waals surface area contributed by atoms with Gasteiger partial charge in [0.05, 0.1) is 11.6 Å². The molecular weight excluding hydrogens is 342 g/mol. The Labute approximate surface area is 158 Å². The van der Waals surface area contributed by atoms with Crippen LogP contribution < -0.4 is 0 Å². The first-order valence-electron chi connectivity index (χ1n) is 9.37. The van der Waals surface area contributed by atoms with E-state index in [2.05, 4.69) is 51.8 Å². The van der Waals surface area contributed by atoms with Crippen molar-refractivity contribution in [1.29, 1.82) is 0 Å².